The minimum absolute atomic E-state index is 0.335. The van der Waals surface area contributed by atoms with Crippen molar-refractivity contribution < 1.29 is 5.11 Å². The van der Waals surface area contributed by atoms with E-state index in [1.54, 1.807) is 0 Å². The Kier molecular flexibility index (Phi) is 3.79. The van der Waals surface area contributed by atoms with Gasteiger partial charge in [0.1, 0.15) is 0 Å². The average Bonchev–Trinajstić information content (AvgIpc) is 2.92. The van der Waals surface area contributed by atoms with E-state index in [0.717, 1.165) is 24.9 Å². The normalized spacial score (nSPS) is 28.5. The van der Waals surface area contributed by atoms with E-state index in [1.165, 1.54) is 38.9 Å². The second kappa shape index (κ2) is 5.10. The van der Waals surface area contributed by atoms with Crippen molar-refractivity contribution >= 4 is 0 Å². The molecule has 0 radical (unpaired) electrons. The molecule has 1 saturated carbocycles. The lowest BCUT2D eigenvalue weighted by molar-refractivity contribution is 0.244. The summed E-state index contributed by atoms with van der Waals surface area (Å²) in [6.07, 6.45) is 5.05. The summed E-state index contributed by atoms with van der Waals surface area (Å²) in [5.74, 6) is 0.856. The van der Waals surface area contributed by atoms with Gasteiger partial charge in [-0.15, -0.1) is 0 Å². The van der Waals surface area contributed by atoms with E-state index in [4.69, 9.17) is 5.11 Å². The monoisotopic (exact) mass is 198 g/mol. The molecule has 1 heterocycles. The van der Waals surface area contributed by atoms with E-state index >= 15 is 0 Å². The lowest BCUT2D eigenvalue weighted by Crippen LogP contribution is -2.28. The molecule has 0 bridgehead atoms. The summed E-state index contributed by atoms with van der Waals surface area (Å²) >= 11 is 0. The van der Waals surface area contributed by atoms with E-state index < -0.39 is 0 Å². The summed E-state index contributed by atoms with van der Waals surface area (Å²) in [7, 11) is 0. The third-order valence-electron chi connectivity index (χ3n) is 3.27. The molecule has 0 spiro atoms. The summed E-state index contributed by atoms with van der Waals surface area (Å²) in [5, 5.41) is 12.3. The zero-order chi connectivity index (χ0) is 9.80. The van der Waals surface area contributed by atoms with Crippen LogP contribution in [0.25, 0.3) is 0 Å². The number of rotatable bonds is 6. The van der Waals surface area contributed by atoms with E-state index in [1.807, 2.05) is 0 Å². The standard InChI is InChI=1S/C11H22N2O/c14-7-1-5-13-6-4-10(9-13)8-12-11-2-3-11/h10-12,14H,1-9H2. The number of hydrogen-bond donors (Lipinski definition) is 2. The van der Waals surface area contributed by atoms with Crippen LogP contribution in [0.4, 0.5) is 0 Å². The summed E-state index contributed by atoms with van der Waals surface area (Å²) in [5.41, 5.74) is 0. The minimum atomic E-state index is 0.335. The fourth-order valence-electron chi connectivity index (χ4n) is 2.20. The molecule has 1 aliphatic carbocycles. The molecule has 1 atom stereocenters. The molecule has 3 nitrogen and oxygen atoms in total. The predicted octanol–water partition coefficient (Wildman–Crippen LogP) is 0.443. The van der Waals surface area contributed by atoms with Crippen LogP contribution in [0.2, 0.25) is 0 Å². The van der Waals surface area contributed by atoms with Crippen molar-refractivity contribution in [3.8, 4) is 0 Å². The van der Waals surface area contributed by atoms with Gasteiger partial charge in [0.25, 0.3) is 0 Å². The molecule has 82 valence electrons. The van der Waals surface area contributed by atoms with Gasteiger partial charge >= 0.3 is 0 Å². The number of aliphatic hydroxyl groups is 1. The van der Waals surface area contributed by atoms with Gasteiger partial charge in [-0.2, -0.15) is 0 Å². The zero-order valence-electron chi connectivity index (χ0n) is 8.91. The predicted molar refractivity (Wildman–Crippen MR) is 57.3 cm³/mol. The maximum atomic E-state index is 8.74. The fraction of sp³-hybridized carbons (Fsp3) is 1.00. The van der Waals surface area contributed by atoms with Crippen molar-refractivity contribution in [2.24, 2.45) is 5.92 Å². The number of nitrogens with zero attached hydrogens (tertiary/aromatic N) is 1. The van der Waals surface area contributed by atoms with Crippen molar-refractivity contribution in [3.63, 3.8) is 0 Å². The van der Waals surface area contributed by atoms with Crippen LogP contribution in [0.5, 0.6) is 0 Å². The average molecular weight is 198 g/mol. The Morgan fingerprint density at radius 2 is 2.14 bits per heavy atom. The Morgan fingerprint density at radius 3 is 2.86 bits per heavy atom. The Hall–Kier alpha value is -0.120. The first-order chi connectivity index (χ1) is 6.88. The fourth-order valence-corrected chi connectivity index (χ4v) is 2.20. The van der Waals surface area contributed by atoms with E-state index in [9.17, 15) is 0 Å². The largest absolute Gasteiger partial charge is 0.396 e. The highest BCUT2D eigenvalue weighted by atomic mass is 16.3. The van der Waals surface area contributed by atoms with Gasteiger partial charge < -0.3 is 15.3 Å². The smallest absolute Gasteiger partial charge is 0.0443 e. The van der Waals surface area contributed by atoms with Gasteiger partial charge in [0.2, 0.25) is 0 Å². The maximum Gasteiger partial charge on any atom is 0.0443 e. The van der Waals surface area contributed by atoms with Crippen LogP contribution in [-0.2, 0) is 0 Å². The Bertz CT molecular complexity index is 171. The molecule has 2 fully saturated rings. The Labute approximate surface area is 86.5 Å². The van der Waals surface area contributed by atoms with Crippen molar-refractivity contribution in [3.05, 3.63) is 0 Å². The minimum Gasteiger partial charge on any atom is -0.396 e. The molecule has 0 aromatic carbocycles. The van der Waals surface area contributed by atoms with Gasteiger partial charge in [0.15, 0.2) is 0 Å². The van der Waals surface area contributed by atoms with Crippen LogP contribution in [-0.4, -0.2) is 48.8 Å². The first kappa shape index (κ1) is 10.4. The maximum absolute atomic E-state index is 8.74. The second-order valence-corrected chi connectivity index (χ2v) is 4.71. The summed E-state index contributed by atoms with van der Waals surface area (Å²) < 4.78 is 0. The van der Waals surface area contributed by atoms with E-state index in [2.05, 4.69) is 10.2 Å². The third kappa shape index (κ3) is 3.23. The van der Waals surface area contributed by atoms with Gasteiger partial charge in [-0.1, -0.05) is 0 Å². The molecule has 0 amide bonds. The number of hydrogen-bond acceptors (Lipinski definition) is 3. The zero-order valence-corrected chi connectivity index (χ0v) is 8.91. The number of aliphatic hydroxyl groups excluding tert-OH is 1. The molecular weight excluding hydrogens is 176 g/mol. The van der Waals surface area contributed by atoms with Gasteiger partial charge in [-0.3, -0.25) is 0 Å². The molecule has 2 N–H and O–H groups in total. The van der Waals surface area contributed by atoms with Crippen LogP contribution in [0.15, 0.2) is 0 Å². The highest BCUT2D eigenvalue weighted by molar-refractivity contribution is 4.84. The first-order valence-electron chi connectivity index (χ1n) is 5.95. The highest BCUT2D eigenvalue weighted by Crippen LogP contribution is 2.21. The van der Waals surface area contributed by atoms with Crippen molar-refractivity contribution in [2.45, 2.75) is 31.7 Å². The van der Waals surface area contributed by atoms with Gasteiger partial charge in [-0.25, -0.2) is 0 Å². The van der Waals surface area contributed by atoms with Crippen LogP contribution < -0.4 is 5.32 Å². The van der Waals surface area contributed by atoms with Crippen LogP contribution >= 0.6 is 0 Å². The SMILES string of the molecule is OCCCN1CCC(CNC2CC2)C1. The van der Waals surface area contributed by atoms with Crippen LogP contribution in [0, 0.1) is 5.92 Å². The van der Waals surface area contributed by atoms with Gasteiger partial charge in [0, 0.05) is 25.7 Å². The summed E-state index contributed by atoms with van der Waals surface area (Å²) in [6, 6.07) is 0.849. The molecule has 2 rings (SSSR count). The lowest BCUT2D eigenvalue weighted by atomic mass is 10.1. The summed E-state index contributed by atoms with van der Waals surface area (Å²) in [6.45, 7) is 5.09. The molecule has 1 saturated heterocycles. The Morgan fingerprint density at radius 1 is 1.29 bits per heavy atom. The molecule has 3 heteroatoms. The van der Waals surface area contributed by atoms with Crippen LogP contribution in [0.3, 0.4) is 0 Å². The molecular formula is C11H22N2O. The second-order valence-electron chi connectivity index (χ2n) is 4.71. The van der Waals surface area contributed by atoms with Gasteiger partial charge in [0.05, 0.1) is 0 Å². The topological polar surface area (TPSA) is 35.5 Å². The molecule has 2 aliphatic rings. The molecule has 1 unspecified atom stereocenters. The van der Waals surface area contributed by atoms with Crippen molar-refractivity contribution in [1.29, 1.82) is 0 Å². The highest BCUT2D eigenvalue weighted by Gasteiger charge is 2.25. The van der Waals surface area contributed by atoms with Crippen LogP contribution in [0.1, 0.15) is 25.7 Å². The van der Waals surface area contributed by atoms with Gasteiger partial charge in [-0.05, 0) is 44.7 Å². The lowest BCUT2D eigenvalue weighted by Gasteiger charge is -2.15. The van der Waals surface area contributed by atoms with Crippen molar-refractivity contribution in [2.75, 3.05) is 32.8 Å². The summed E-state index contributed by atoms with van der Waals surface area (Å²) in [4.78, 5) is 2.48. The number of likely N-dealkylation sites (tertiary alicyclic amines) is 1. The third-order valence-corrected chi connectivity index (χ3v) is 3.27. The Balaban J connectivity index is 1.56. The van der Waals surface area contributed by atoms with E-state index in [0.29, 0.717) is 6.61 Å². The molecule has 14 heavy (non-hydrogen) atoms. The quantitative estimate of drug-likeness (QED) is 0.650. The number of nitrogens with one attached hydrogen (secondary N) is 1. The molecule has 0 aromatic heterocycles. The molecule has 0 aromatic rings. The van der Waals surface area contributed by atoms with E-state index in [-0.39, 0.29) is 0 Å². The first-order valence-corrected chi connectivity index (χ1v) is 5.95. The molecule has 1 aliphatic heterocycles. The van der Waals surface area contributed by atoms with Crippen molar-refractivity contribution in [1.82, 2.24) is 10.2 Å².